The zero-order valence-corrected chi connectivity index (χ0v) is 16.7. The Hall–Kier alpha value is -2.62. The first-order valence-corrected chi connectivity index (χ1v) is 9.78. The predicted octanol–water partition coefficient (Wildman–Crippen LogP) is 3.31. The Balaban J connectivity index is 1.77. The quantitative estimate of drug-likeness (QED) is 0.611. The smallest absolute Gasteiger partial charge is 0.321 e. The summed E-state index contributed by atoms with van der Waals surface area (Å²) >= 11 is 0.985. The Morgan fingerprint density at radius 3 is 2.71 bits per heavy atom. The number of halogens is 1. The highest BCUT2D eigenvalue weighted by Gasteiger charge is 2.18. The molecule has 0 aliphatic rings. The fourth-order valence-corrected chi connectivity index (χ4v) is 2.60. The standard InChI is InChI=1S/C18H23FN4O4S/c1-11(2)8-9-20-17(25)21-15(24)10-28-18-23-22-16(27-18)12(3)26-14-7-5-4-6-13(14)19/h4-7,11-12H,8-10H2,1-3H3,(H2,20,21,24,25)/t12-/m1/s1. The van der Waals surface area contributed by atoms with Crippen LogP contribution in [0.25, 0.3) is 0 Å². The van der Waals surface area contributed by atoms with Crippen molar-refractivity contribution in [2.24, 2.45) is 5.92 Å². The van der Waals surface area contributed by atoms with Gasteiger partial charge in [-0.15, -0.1) is 10.2 Å². The Morgan fingerprint density at radius 2 is 2.00 bits per heavy atom. The summed E-state index contributed by atoms with van der Waals surface area (Å²) in [6.45, 7) is 6.23. The van der Waals surface area contributed by atoms with Gasteiger partial charge >= 0.3 is 6.03 Å². The van der Waals surface area contributed by atoms with E-state index in [4.69, 9.17) is 9.15 Å². The van der Waals surface area contributed by atoms with Crippen LogP contribution >= 0.6 is 11.8 Å². The van der Waals surface area contributed by atoms with E-state index in [0.29, 0.717) is 12.5 Å². The van der Waals surface area contributed by atoms with Gasteiger partial charge in [0.05, 0.1) is 5.75 Å². The van der Waals surface area contributed by atoms with E-state index in [-0.39, 0.29) is 22.6 Å². The van der Waals surface area contributed by atoms with Crippen molar-refractivity contribution in [3.05, 3.63) is 36.0 Å². The molecular weight excluding hydrogens is 387 g/mol. The summed E-state index contributed by atoms with van der Waals surface area (Å²) in [4.78, 5) is 23.4. The molecule has 152 valence electrons. The van der Waals surface area contributed by atoms with Gasteiger partial charge in [-0.3, -0.25) is 10.1 Å². The molecule has 8 nitrogen and oxygen atoms in total. The molecule has 0 radical (unpaired) electrons. The second kappa shape index (κ2) is 10.6. The molecule has 1 atom stereocenters. The minimum atomic E-state index is -0.667. The predicted molar refractivity (Wildman–Crippen MR) is 101 cm³/mol. The number of para-hydroxylation sites is 1. The Bertz CT molecular complexity index is 799. The molecule has 0 spiro atoms. The van der Waals surface area contributed by atoms with E-state index in [1.165, 1.54) is 12.1 Å². The molecule has 0 aliphatic heterocycles. The SMILES string of the molecule is CC(C)CCNC(=O)NC(=O)CSc1nnc([C@@H](C)Oc2ccccc2F)o1. The maximum atomic E-state index is 13.6. The molecular formula is C18H23FN4O4S. The Morgan fingerprint density at radius 1 is 1.25 bits per heavy atom. The third kappa shape index (κ3) is 7.18. The van der Waals surface area contributed by atoms with Gasteiger partial charge in [-0.2, -0.15) is 0 Å². The number of imide groups is 1. The van der Waals surface area contributed by atoms with Crippen molar-refractivity contribution in [1.29, 1.82) is 0 Å². The molecule has 2 N–H and O–H groups in total. The molecule has 2 rings (SSSR count). The van der Waals surface area contributed by atoms with Crippen LogP contribution in [0.4, 0.5) is 9.18 Å². The normalized spacial score (nSPS) is 11.9. The fraction of sp³-hybridized carbons (Fsp3) is 0.444. The van der Waals surface area contributed by atoms with E-state index in [2.05, 4.69) is 20.8 Å². The average Bonchev–Trinajstić information content (AvgIpc) is 3.11. The van der Waals surface area contributed by atoms with Crippen molar-refractivity contribution in [3.8, 4) is 5.75 Å². The van der Waals surface area contributed by atoms with Gasteiger partial charge in [0.1, 0.15) is 0 Å². The molecule has 0 aliphatic carbocycles. The molecule has 0 bridgehead atoms. The Kier molecular flexibility index (Phi) is 8.24. The van der Waals surface area contributed by atoms with Gasteiger partial charge in [-0.1, -0.05) is 37.7 Å². The van der Waals surface area contributed by atoms with Crippen LogP contribution in [0.3, 0.4) is 0 Å². The Labute approximate surface area is 166 Å². The van der Waals surface area contributed by atoms with Crippen LogP contribution < -0.4 is 15.4 Å². The van der Waals surface area contributed by atoms with Crippen LogP contribution in [0.1, 0.15) is 39.2 Å². The van der Waals surface area contributed by atoms with Gasteiger partial charge in [-0.25, -0.2) is 9.18 Å². The second-order valence-electron chi connectivity index (χ2n) is 6.37. The minimum absolute atomic E-state index is 0.0677. The zero-order chi connectivity index (χ0) is 20.5. The second-order valence-corrected chi connectivity index (χ2v) is 7.30. The fourth-order valence-electron chi connectivity index (χ4n) is 2.03. The van der Waals surface area contributed by atoms with Gasteiger partial charge in [0.15, 0.2) is 17.7 Å². The maximum absolute atomic E-state index is 13.6. The molecule has 1 heterocycles. The number of carbonyl (C=O) groups is 2. The van der Waals surface area contributed by atoms with Crippen molar-refractivity contribution in [2.75, 3.05) is 12.3 Å². The highest BCUT2D eigenvalue weighted by Crippen LogP contribution is 2.25. The summed E-state index contributed by atoms with van der Waals surface area (Å²) in [5, 5.41) is 12.6. The van der Waals surface area contributed by atoms with Crippen LogP contribution in [0.15, 0.2) is 33.9 Å². The van der Waals surface area contributed by atoms with E-state index >= 15 is 0 Å². The largest absolute Gasteiger partial charge is 0.478 e. The number of urea groups is 1. The van der Waals surface area contributed by atoms with E-state index in [9.17, 15) is 14.0 Å². The summed E-state index contributed by atoms with van der Waals surface area (Å²) in [5.74, 6) is -0.359. The van der Waals surface area contributed by atoms with Gasteiger partial charge in [0, 0.05) is 6.54 Å². The summed E-state index contributed by atoms with van der Waals surface area (Å²) in [6.07, 6.45) is 0.160. The van der Waals surface area contributed by atoms with Crippen LogP contribution in [0.5, 0.6) is 5.75 Å². The van der Waals surface area contributed by atoms with E-state index in [0.717, 1.165) is 18.2 Å². The van der Waals surface area contributed by atoms with Crippen LogP contribution in [-0.4, -0.2) is 34.4 Å². The van der Waals surface area contributed by atoms with Crippen molar-refractivity contribution >= 4 is 23.7 Å². The number of nitrogens with zero attached hydrogens (tertiary/aromatic N) is 2. The van der Waals surface area contributed by atoms with Crippen LogP contribution in [-0.2, 0) is 4.79 Å². The lowest BCUT2D eigenvalue weighted by atomic mass is 10.1. The molecule has 28 heavy (non-hydrogen) atoms. The average molecular weight is 410 g/mol. The molecule has 1 aromatic heterocycles. The molecule has 10 heteroatoms. The molecule has 0 unspecified atom stereocenters. The highest BCUT2D eigenvalue weighted by atomic mass is 32.2. The number of hydrogen-bond donors (Lipinski definition) is 2. The van der Waals surface area contributed by atoms with Crippen molar-refractivity contribution in [2.45, 2.75) is 38.5 Å². The minimum Gasteiger partial charge on any atom is -0.478 e. The number of benzene rings is 1. The lowest BCUT2D eigenvalue weighted by molar-refractivity contribution is -0.117. The third-order valence-electron chi connectivity index (χ3n) is 3.50. The van der Waals surface area contributed by atoms with Gasteiger partial charge in [0.2, 0.25) is 5.91 Å². The molecule has 0 fully saturated rings. The summed E-state index contributed by atoms with van der Waals surface area (Å²) in [6, 6.07) is 5.45. The maximum Gasteiger partial charge on any atom is 0.321 e. The van der Waals surface area contributed by atoms with E-state index in [1.54, 1.807) is 19.1 Å². The van der Waals surface area contributed by atoms with Crippen molar-refractivity contribution in [3.63, 3.8) is 0 Å². The zero-order valence-electron chi connectivity index (χ0n) is 15.9. The number of rotatable bonds is 9. The molecule has 0 saturated carbocycles. The number of carbonyl (C=O) groups excluding carboxylic acids is 2. The van der Waals surface area contributed by atoms with Crippen molar-refractivity contribution in [1.82, 2.24) is 20.8 Å². The summed E-state index contributed by atoms with van der Waals surface area (Å²) in [5.41, 5.74) is 0. The number of nitrogens with one attached hydrogen (secondary N) is 2. The molecule has 1 aromatic carbocycles. The first-order chi connectivity index (χ1) is 13.3. The van der Waals surface area contributed by atoms with Gasteiger partial charge < -0.3 is 14.5 Å². The number of amides is 3. The lowest BCUT2D eigenvalue weighted by Crippen LogP contribution is -2.40. The first-order valence-electron chi connectivity index (χ1n) is 8.80. The summed E-state index contributed by atoms with van der Waals surface area (Å²) < 4.78 is 24.5. The monoisotopic (exact) mass is 410 g/mol. The van der Waals surface area contributed by atoms with Crippen LogP contribution in [0, 0.1) is 11.7 Å². The number of hydrogen-bond acceptors (Lipinski definition) is 7. The summed E-state index contributed by atoms with van der Waals surface area (Å²) in [7, 11) is 0. The number of aromatic nitrogens is 2. The highest BCUT2D eigenvalue weighted by molar-refractivity contribution is 7.99. The number of thioether (sulfide) groups is 1. The number of ether oxygens (including phenoxy) is 1. The molecule has 3 amide bonds. The van der Waals surface area contributed by atoms with Crippen LogP contribution in [0.2, 0.25) is 0 Å². The van der Waals surface area contributed by atoms with Gasteiger partial charge in [-0.05, 0) is 31.4 Å². The first kappa shape index (κ1) is 21.7. The van der Waals surface area contributed by atoms with E-state index in [1.807, 2.05) is 13.8 Å². The molecule has 2 aromatic rings. The topological polar surface area (TPSA) is 106 Å². The lowest BCUT2D eigenvalue weighted by Gasteiger charge is -2.11. The molecule has 0 saturated heterocycles. The van der Waals surface area contributed by atoms with E-state index < -0.39 is 23.9 Å². The van der Waals surface area contributed by atoms with Gasteiger partial charge in [0.25, 0.3) is 11.1 Å². The third-order valence-corrected chi connectivity index (χ3v) is 4.32. The van der Waals surface area contributed by atoms with Crippen molar-refractivity contribution < 1.29 is 23.1 Å².